The highest BCUT2D eigenvalue weighted by Crippen LogP contribution is 2.08. The SMILES string of the molecule is CC(CS(C)(=O)=O)Nc1cc(NN)ncn1. The molecule has 16 heavy (non-hydrogen) atoms. The minimum absolute atomic E-state index is 0.0440. The molecule has 0 amide bonds. The molecule has 0 aliphatic heterocycles. The van der Waals surface area contributed by atoms with Crippen LogP contribution in [0, 0.1) is 0 Å². The Labute approximate surface area is 94.4 Å². The molecular weight excluding hydrogens is 230 g/mol. The number of hydrazine groups is 1. The number of nitrogen functional groups attached to an aromatic ring is 1. The number of rotatable bonds is 5. The lowest BCUT2D eigenvalue weighted by atomic mass is 10.4. The Morgan fingerprint density at radius 1 is 1.44 bits per heavy atom. The minimum Gasteiger partial charge on any atom is -0.366 e. The first-order chi connectivity index (χ1) is 7.40. The molecule has 0 saturated heterocycles. The van der Waals surface area contributed by atoms with Crippen molar-refractivity contribution in [2.24, 2.45) is 5.84 Å². The summed E-state index contributed by atoms with van der Waals surface area (Å²) >= 11 is 0. The number of hydrogen-bond acceptors (Lipinski definition) is 7. The van der Waals surface area contributed by atoms with Gasteiger partial charge in [-0.05, 0) is 6.92 Å². The molecule has 4 N–H and O–H groups in total. The smallest absolute Gasteiger partial charge is 0.149 e. The average Bonchev–Trinajstić information content (AvgIpc) is 2.15. The number of aromatic nitrogens is 2. The van der Waals surface area contributed by atoms with Gasteiger partial charge in [-0.25, -0.2) is 24.2 Å². The second kappa shape index (κ2) is 5.08. The van der Waals surface area contributed by atoms with Crippen molar-refractivity contribution in [2.75, 3.05) is 22.8 Å². The van der Waals surface area contributed by atoms with Gasteiger partial charge in [0, 0.05) is 18.4 Å². The first-order valence-electron chi connectivity index (χ1n) is 4.63. The molecule has 0 aliphatic carbocycles. The maximum absolute atomic E-state index is 11.0. The van der Waals surface area contributed by atoms with Crippen LogP contribution in [0.4, 0.5) is 11.6 Å². The lowest BCUT2D eigenvalue weighted by molar-refractivity contribution is 0.598. The summed E-state index contributed by atoms with van der Waals surface area (Å²) in [6.07, 6.45) is 2.53. The molecular formula is C8H15N5O2S. The molecule has 1 aromatic rings. The van der Waals surface area contributed by atoms with Gasteiger partial charge in [-0.2, -0.15) is 0 Å². The van der Waals surface area contributed by atoms with E-state index in [1.165, 1.54) is 12.6 Å². The maximum atomic E-state index is 11.0. The Kier molecular flexibility index (Phi) is 4.02. The predicted octanol–water partition coefficient (Wildman–Crippen LogP) is -0.393. The highest BCUT2D eigenvalue weighted by atomic mass is 32.2. The molecule has 1 unspecified atom stereocenters. The summed E-state index contributed by atoms with van der Waals surface area (Å²) in [5.74, 6) is 6.22. The van der Waals surface area contributed by atoms with Crippen LogP contribution in [-0.2, 0) is 9.84 Å². The Morgan fingerprint density at radius 3 is 2.62 bits per heavy atom. The van der Waals surface area contributed by atoms with E-state index < -0.39 is 9.84 Å². The quantitative estimate of drug-likeness (QED) is 0.478. The van der Waals surface area contributed by atoms with Gasteiger partial charge < -0.3 is 10.7 Å². The second-order valence-corrected chi connectivity index (χ2v) is 5.76. The van der Waals surface area contributed by atoms with Crippen molar-refractivity contribution < 1.29 is 8.42 Å². The molecule has 7 nitrogen and oxygen atoms in total. The van der Waals surface area contributed by atoms with Crippen molar-refractivity contribution >= 4 is 21.5 Å². The van der Waals surface area contributed by atoms with Crippen molar-refractivity contribution in [3.05, 3.63) is 12.4 Å². The number of nitrogens with one attached hydrogen (secondary N) is 2. The van der Waals surface area contributed by atoms with E-state index in [-0.39, 0.29) is 11.8 Å². The lowest BCUT2D eigenvalue weighted by Crippen LogP contribution is -2.25. The van der Waals surface area contributed by atoms with E-state index in [9.17, 15) is 8.42 Å². The van der Waals surface area contributed by atoms with Crippen LogP contribution in [0.25, 0.3) is 0 Å². The summed E-state index contributed by atoms with van der Waals surface area (Å²) in [5.41, 5.74) is 2.38. The number of hydrogen-bond donors (Lipinski definition) is 3. The molecule has 1 rings (SSSR count). The number of sulfone groups is 1. The fourth-order valence-electron chi connectivity index (χ4n) is 1.26. The number of nitrogens with zero attached hydrogens (tertiary/aromatic N) is 2. The zero-order valence-corrected chi connectivity index (χ0v) is 9.95. The molecule has 0 radical (unpaired) electrons. The van der Waals surface area contributed by atoms with E-state index in [0.717, 1.165) is 0 Å². The number of anilines is 2. The molecule has 0 bridgehead atoms. The zero-order chi connectivity index (χ0) is 12.2. The Morgan fingerprint density at radius 2 is 2.06 bits per heavy atom. The third-order valence-corrected chi connectivity index (χ3v) is 2.87. The largest absolute Gasteiger partial charge is 0.366 e. The van der Waals surface area contributed by atoms with Crippen LogP contribution in [0.5, 0.6) is 0 Å². The summed E-state index contributed by atoms with van der Waals surface area (Å²) in [4.78, 5) is 7.78. The maximum Gasteiger partial charge on any atom is 0.149 e. The van der Waals surface area contributed by atoms with Crippen LogP contribution in [0.15, 0.2) is 12.4 Å². The van der Waals surface area contributed by atoms with Gasteiger partial charge >= 0.3 is 0 Å². The van der Waals surface area contributed by atoms with Gasteiger partial charge in [0.2, 0.25) is 0 Å². The third-order valence-electron chi connectivity index (χ3n) is 1.76. The molecule has 0 saturated carbocycles. The summed E-state index contributed by atoms with van der Waals surface area (Å²) in [6, 6.07) is 1.37. The average molecular weight is 245 g/mol. The van der Waals surface area contributed by atoms with Gasteiger partial charge in [0.05, 0.1) is 5.75 Å². The molecule has 1 heterocycles. The highest BCUT2D eigenvalue weighted by molar-refractivity contribution is 7.90. The van der Waals surface area contributed by atoms with Crippen molar-refractivity contribution in [3.63, 3.8) is 0 Å². The van der Waals surface area contributed by atoms with Gasteiger partial charge in [0.15, 0.2) is 0 Å². The Bertz CT molecular complexity index is 447. The van der Waals surface area contributed by atoms with E-state index in [1.54, 1.807) is 13.0 Å². The summed E-state index contributed by atoms with van der Waals surface area (Å²) in [6.45, 7) is 1.76. The Hall–Kier alpha value is -1.41. The highest BCUT2D eigenvalue weighted by Gasteiger charge is 2.10. The van der Waals surface area contributed by atoms with E-state index in [4.69, 9.17) is 5.84 Å². The first-order valence-corrected chi connectivity index (χ1v) is 6.69. The van der Waals surface area contributed by atoms with Gasteiger partial charge in [-0.15, -0.1) is 0 Å². The molecule has 0 fully saturated rings. The molecule has 90 valence electrons. The van der Waals surface area contributed by atoms with Crippen LogP contribution in [0.1, 0.15) is 6.92 Å². The van der Waals surface area contributed by atoms with E-state index >= 15 is 0 Å². The molecule has 0 spiro atoms. The molecule has 1 aromatic heterocycles. The van der Waals surface area contributed by atoms with Gasteiger partial charge in [-0.3, -0.25) is 0 Å². The van der Waals surface area contributed by atoms with Gasteiger partial charge in [0.25, 0.3) is 0 Å². The predicted molar refractivity (Wildman–Crippen MR) is 62.6 cm³/mol. The topological polar surface area (TPSA) is 110 Å². The minimum atomic E-state index is -3.01. The zero-order valence-electron chi connectivity index (χ0n) is 9.14. The van der Waals surface area contributed by atoms with Gasteiger partial charge in [-0.1, -0.05) is 0 Å². The molecule has 0 aliphatic rings. The van der Waals surface area contributed by atoms with Crippen LogP contribution in [0.2, 0.25) is 0 Å². The fourth-order valence-corrected chi connectivity index (χ4v) is 2.25. The molecule has 1 atom stereocenters. The third kappa shape index (κ3) is 4.41. The van der Waals surface area contributed by atoms with Crippen molar-refractivity contribution in [1.29, 1.82) is 0 Å². The molecule has 8 heteroatoms. The van der Waals surface area contributed by atoms with Gasteiger partial charge in [0.1, 0.15) is 27.8 Å². The molecule has 0 aromatic carbocycles. The van der Waals surface area contributed by atoms with Crippen LogP contribution < -0.4 is 16.6 Å². The fraction of sp³-hybridized carbons (Fsp3) is 0.500. The van der Waals surface area contributed by atoms with E-state index in [0.29, 0.717) is 11.6 Å². The normalized spacial score (nSPS) is 13.2. The van der Waals surface area contributed by atoms with Crippen molar-refractivity contribution in [2.45, 2.75) is 13.0 Å². The van der Waals surface area contributed by atoms with Crippen LogP contribution in [0.3, 0.4) is 0 Å². The van der Waals surface area contributed by atoms with E-state index in [1.807, 2.05) is 0 Å². The second-order valence-electron chi connectivity index (χ2n) is 3.57. The van der Waals surface area contributed by atoms with Crippen molar-refractivity contribution in [3.8, 4) is 0 Å². The summed E-state index contributed by atoms with van der Waals surface area (Å²) < 4.78 is 22.1. The van der Waals surface area contributed by atoms with Crippen molar-refractivity contribution in [1.82, 2.24) is 9.97 Å². The monoisotopic (exact) mass is 245 g/mol. The number of nitrogens with two attached hydrogens (primary N) is 1. The Balaban J connectivity index is 2.65. The first kappa shape index (κ1) is 12.7. The lowest BCUT2D eigenvalue weighted by Gasteiger charge is -2.13. The summed E-state index contributed by atoms with van der Waals surface area (Å²) in [5, 5.41) is 2.95. The van der Waals surface area contributed by atoms with E-state index in [2.05, 4.69) is 20.7 Å². The summed E-state index contributed by atoms with van der Waals surface area (Å²) in [7, 11) is -3.01. The standard InChI is InChI=1S/C8H15N5O2S/c1-6(4-16(2,14)15)12-7-3-8(13-9)11-5-10-7/h3,5-6H,4,9H2,1-2H3,(H2,10,11,12,13). The van der Waals surface area contributed by atoms with Crippen LogP contribution >= 0.6 is 0 Å². The van der Waals surface area contributed by atoms with Crippen LogP contribution in [-0.4, -0.2) is 36.4 Å².